The number of carbonyl (C=O) groups excluding carboxylic acids is 2. The van der Waals surface area contributed by atoms with Crippen LogP contribution in [-0.4, -0.2) is 54.7 Å². The number of amides is 2. The number of benzene rings is 2. The largest absolute Gasteiger partial charge is 0.482 e. The second-order valence-corrected chi connectivity index (χ2v) is 8.19. The fourth-order valence-corrected chi connectivity index (χ4v) is 4.11. The van der Waals surface area contributed by atoms with Crippen LogP contribution in [0.15, 0.2) is 47.8 Å². The lowest BCUT2D eigenvalue weighted by Gasteiger charge is -2.29. The summed E-state index contributed by atoms with van der Waals surface area (Å²) in [5.74, 6) is -1.30. The molecular weight excluding hydrogens is 446 g/mol. The number of methoxy groups -OCH3 is 1. The molecule has 0 atom stereocenters. The van der Waals surface area contributed by atoms with Crippen molar-refractivity contribution < 1.29 is 29.0 Å². The summed E-state index contributed by atoms with van der Waals surface area (Å²) in [4.78, 5) is 42.2. The SMILES string of the molecule is COCCc1nc(-c2ccc3c(c2)N(CC(=O)Nc2ccc(C(=O)O)cc2)C(=O)CO3)cs1. The summed E-state index contributed by atoms with van der Waals surface area (Å²) >= 11 is 1.53. The van der Waals surface area contributed by atoms with Crippen LogP contribution in [0.1, 0.15) is 15.4 Å². The molecule has 0 fully saturated rings. The number of thiazole rings is 1. The number of carboxylic acid groups (broad SMARTS) is 1. The molecule has 3 aromatic rings. The van der Waals surface area contributed by atoms with Crippen LogP contribution in [0.25, 0.3) is 11.3 Å². The topological polar surface area (TPSA) is 118 Å². The third kappa shape index (κ3) is 5.18. The number of anilines is 2. The van der Waals surface area contributed by atoms with E-state index >= 15 is 0 Å². The van der Waals surface area contributed by atoms with Crippen LogP contribution in [-0.2, 0) is 20.7 Å². The van der Waals surface area contributed by atoms with Crippen LogP contribution in [0, 0.1) is 0 Å². The number of nitrogens with one attached hydrogen (secondary N) is 1. The molecule has 10 heteroatoms. The molecule has 9 nitrogen and oxygen atoms in total. The second kappa shape index (κ2) is 9.80. The van der Waals surface area contributed by atoms with E-state index in [2.05, 4.69) is 10.3 Å². The van der Waals surface area contributed by atoms with E-state index in [4.69, 9.17) is 14.6 Å². The summed E-state index contributed by atoms with van der Waals surface area (Å²) < 4.78 is 10.6. The third-order valence-electron chi connectivity index (χ3n) is 4.99. The Balaban J connectivity index is 1.52. The molecule has 0 unspecified atom stereocenters. The van der Waals surface area contributed by atoms with Gasteiger partial charge in [-0.1, -0.05) is 0 Å². The first-order valence-corrected chi connectivity index (χ1v) is 11.0. The van der Waals surface area contributed by atoms with Crippen LogP contribution in [0.5, 0.6) is 5.75 Å². The highest BCUT2D eigenvalue weighted by Gasteiger charge is 2.28. The molecule has 0 saturated carbocycles. The van der Waals surface area contributed by atoms with Crippen molar-refractivity contribution in [3.8, 4) is 17.0 Å². The van der Waals surface area contributed by atoms with Crippen molar-refractivity contribution in [2.24, 2.45) is 0 Å². The molecule has 1 aromatic heterocycles. The number of rotatable bonds is 8. The van der Waals surface area contributed by atoms with Crippen LogP contribution in [0.3, 0.4) is 0 Å². The van der Waals surface area contributed by atoms with Gasteiger partial charge in [-0.3, -0.25) is 14.5 Å². The number of carbonyl (C=O) groups is 3. The Morgan fingerprint density at radius 2 is 2.03 bits per heavy atom. The van der Waals surface area contributed by atoms with Gasteiger partial charge >= 0.3 is 5.97 Å². The minimum absolute atomic E-state index is 0.116. The van der Waals surface area contributed by atoms with Gasteiger partial charge in [0.05, 0.1) is 28.6 Å². The molecule has 0 spiro atoms. The third-order valence-corrected chi connectivity index (χ3v) is 5.90. The number of nitrogens with zero attached hydrogens (tertiary/aromatic N) is 2. The van der Waals surface area contributed by atoms with Crippen molar-refractivity contribution in [3.63, 3.8) is 0 Å². The molecule has 0 radical (unpaired) electrons. The molecule has 2 amide bonds. The maximum absolute atomic E-state index is 12.6. The molecule has 2 heterocycles. The maximum atomic E-state index is 12.6. The average Bonchev–Trinajstić information content (AvgIpc) is 3.28. The first-order chi connectivity index (χ1) is 15.9. The summed E-state index contributed by atoms with van der Waals surface area (Å²) in [5, 5.41) is 14.6. The summed E-state index contributed by atoms with van der Waals surface area (Å²) in [6.45, 7) is 0.210. The molecule has 4 rings (SSSR count). The van der Waals surface area contributed by atoms with Crippen LogP contribution < -0.4 is 15.0 Å². The predicted octanol–water partition coefficient (Wildman–Crippen LogP) is 3.06. The minimum atomic E-state index is -1.05. The van der Waals surface area contributed by atoms with E-state index in [-0.39, 0.29) is 24.6 Å². The predicted molar refractivity (Wildman–Crippen MR) is 123 cm³/mol. The number of carboxylic acids is 1. The number of aromatic nitrogens is 1. The first-order valence-electron chi connectivity index (χ1n) is 10.1. The Labute approximate surface area is 193 Å². The average molecular weight is 468 g/mol. The quantitative estimate of drug-likeness (QED) is 0.523. The standard InChI is InChI=1S/C23H21N3O6S/c1-31-9-8-21-25-17(13-33-21)15-4-7-19-18(10-15)26(22(28)12-32-19)11-20(27)24-16-5-2-14(3-6-16)23(29)30/h2-7,10,13H,8-9,11-12H2,1H3,(H,24,27)(H,29,30). The van der Waals surface area contributed by atoms with Gasteiger partial charge in [-0.2, -0.15) is 0 Å². The Morgan fingerprint density at radius 1 is 1.24 bits per heavy atom. The Morgan fingerprint density at radius 3 is 2.76 bits per heavy atom. The Bertz CT molecular complexity index is 1190. The molecule has 0 saturated heterocycles. The Hall–Kier alpha value is -3.76. The highest BCUT2D eigenvalue weighted by atomic mass is 32.1. The van der Waals surface area contributed by atoms with Gasteiger partial charge < -0.3 is 19.9 Å². The minimum Gasteiger partial charge on any atom is -0.482 e. The van der Waals surface area contributed by atoms with Crippen molar-refractivity contribution in [2.75, 3.05) is 37.1 Å². The molecule has 33 heavy (non-hydrogen) atoms. The van der Waals surface area contributed by atoms with Crippen LogP contribution in [0.4, 0.5) is 11.4 Å². The number of hydrogen-bond donors (Lipinski definition) is 2. The van der Waals surface area contributed by atoms with Gasteiger partial charge in [-0.25, -0.2) is 9.78 Å². The lowest BCUT2D eigenvalue weighted by Crippen LogP contribution is -2.43. The zero-order valence-electron chi connectivity index (χ0n) is 17.7. The molecule has 0 aliphatic carbocycles. The zero-order valence-corrected chi connectivity index (χ0v) is 18.6. The fraction of sp³-hybridized carbons (Fsp3) is 0.217. The van der Waals surface area contributed by atoms with E-state index in [1.165, 1.54) is 40.5 Å². The van der Waals surface area contributed by atoms with Gasteiger partial charge in [0.1, 0.15) is 12.3 Å². The number of ether oxygens (including phenoxy) is 2. The van der Waals surface area contributed by atoms with E-state index in [9.17, 15) is 14.4 Å². The molecular formula is C23H21N3O6S. The van der Waals surface area contributed by atoms with Crippen molar-refractivity contribution in [1.82, 2.24) is 4.98 Å². The van der Waals surface area contributed by atoms with Gasteiger partial charge in [0.25, 0.3) is 5.91 Å². The van der Waals surface area contributed by atoms with Gasteiger partial charge in [0, 0.05) is 30.2 Å². The summed E-state index contributed by atoms with van der Waals surface area (Å²) in [6, 6.07) is 11.2. The molecule has 0 bridgehead atoms. The Kier molecular flexibility index (Phi) is 6.66. The van der Waals surface area contributed by atoms with Crippen molar-refractivity contribution in [2.45, 2.75) is 6.42 Å². The van der Waals surface area contributed by atoms with Crippen molar-refractivity contribution in [3.05, 3.63) is 58.4 Å². The zero-order chi connectivity index (χ0) is 23.4. The highest BCUT2D eigenvalue weighted by molar-refractivity contribution is 7.09. The number of hydrogen-bond acceptors (Lipinski definition) is 7. The second-order valence-electron chi connectivity index (χ2n) is 7.25. The number of fused-ring (bicyclic) bond motifs is 1. The smallest absolute Gasteiger partial charge is 0.335 e. The van der Waals surface area contributed by atoms with Crippen LogP contribution >= 0.6 is 11.3 Å². The fourth-order valence-electron chi connectivity index (χ4n) is 3.32. The summed E-state index contributed by atoms with van der Waals surface area (Å²) in [6.07, 6.45) is 0.716. The van der Waals surface area contributed by atoms with E-state index in [0.717, 1.165) is 16.3 Å². The molecule has 2 aromatic carbocycles. The van der Waals surface area contributed by atoms with E-state index in [1.807, 2.05) is 11.4 Å². The van der Waals surface area contributed by atoms with Crippen molar-refractivity contribution in [1.29, 1.82) is 0 Å². The monoisotopic (exact) mass is 467 g/mol. The maximum Gasteiger partial charge on any atom is 0.335 e. The van der Waals surface area contributed by atoms with Gasteiger partial charge in [0.15, 0.2) is 6.61 Å². The lowest BCUT2D eigenvalue weighted by molar-refractivity contribution is -0.123. The normalized spacial score (nSPS) is 12.8. The molecule has 2 N–H and O–H groups in total. The summed E-state index contributed by atoms with van der Waals surface area (Å²) in [5.41, 5.74) is 2.62. The van der Waals surface area contributed by atoms with E-state index in [1.54, 1.807) is 19.2 Å². The highest BCUT2D eigenvalue weighted by Crippen LogP contribution is 2.36. The van der Waals surface area contributed by atoms with E-state index in [0.29, 0.717) is 30.2 Å². The first kappa shape index (κ1) is 22.4. The van der Waals surface area contributed by atoms with E-state index < -0.39 is 11.9 Å². The molecule has 1 aliphatic heterocycles. The molecule has 1 aliphatic rings. The summed E-state index contributed by atoms with van der Waals surface area (Å²) in [7, 11) is 1.64. The van der Waals surface area contributed by atoms with Gasteiger partial charge in [0.2, 0.25) is 5.91 Å². The van der Waals surface area contributed by atoms with Crippen molar-refractivity contribution >= 4 is 40.5 Å². The lowest BCUT2D eigenvalue weighted by atomic mass is 10.1. The number of aromatic carboxylic acids is 1. The van der Waals surface area contributed by atoms with Gasteiger partial charge in [-0.05, 0) is 42.5 Å². The van der Waals surface area contributed by atoms with Crippen LogP contribution in [0.2, 0.25) is 0 Å². The molecule has 170 valence electrons. The van der Waals surface area contributed by atoms with Gasteiger partial charge in [-0.15, -0.1) is 11.3 Å².